The Bertz CT molecular complexity index is 147. The molecule has 0 aromatic rings. The molecular formula is C15H31NO. The zero-order valence-corrected chi connectivity index (χ0v) is 11.9. The lowest BCUT2D eigenvalue weighted by Gasteiger charge is -2.15. The summed E-state index contributed by atoms with van der Waals surface area (Å²) < 4.78 is 0. The van der Waals surface area contributed by atoms with E-state index in [1.165, 1.54) is 64.2 Å². The first-order chi connectivity index (χ1) is 8.35. The highest BCUT2D eigenvalue weighted by molar-refractivity contribution is 4.62. The van der Waals surface area contributed by atoms with Crippen LogP contribution in [-0.4, -0.2) is 6.54 Å². The van der Waals surface area contributed by atoms with Crippen LogP contribution < -0.4 is 0 Å². The van der Waals surface area contributed by atoms with Gasteiger partial charge in [-0.05, 0) is 12.3 Å². The summed E-state index contributed by atoms with van der Waals surface area (Å²) in [5.41, 5.74) is 0. The summed E-state index contributed by atoms with van der Waals surface area (Å²) in [4.78, 5) is 10.2. The molecule has 0 bridgehead atoms. The molecule has 102 valence electrons. The van der Waals surface area contributed by atoms with E-state index in [2.05, 4.69) is 19.0 Å². The highest BCUT2D eigenvalue weighted by Crippen LogP contribution is 2.21. The monoisotopic (exact) mass is 241 g/mol. The minimum absolute atomic E-state index is 0.520. The maximum Gasteiger partial charge on any atom is 0.0813 e. The van der Waals surface area contributed by atoms with Crippen LogP contribution in [0.5, 0.6) is 0 Å². The number of nitrogens with zero attached hydrogens (tertiary/aromatic N) is 1. The second kappa shape index (κ2) is 13.7. The van der Waals surface area contributed by atoms with Crippen LogP contribution in [0.2, 0.25) is 0 Å². The molecule has 0 aromatic heterocycles. The Labute approximate surface area is 108 Å². The van der Waals surface area contributed by atoms with E-state index in [1.807, 2.05) is 0 Å². The highest BCUT2D eigenvalue weighted by Gasteiger charge is 2.08. The molecule has 0 saturated heterocycles. The maximum atomic E-state index is 10.2. The van der Waals surface area contributed by atoms with Gasteiger partial charge in [-0.25, -0.2) is 0 Å². The van der Waals surface area contributed by atoms with Gasteiger partial charge in [0.15, 0.2) is 0 Å². The predicted octanol–water partition coefficient (Wildman–Crippen LogP) is 5.70. The van der Waals surface area contributed by atoms with E-state index in [4.69, 9.17) is 0 Å². The molecule has 0 N–H and O–H groups in total. The third-order valence-corrected chi connectivity index (χ3v) is 3.56. The van der Waals surface area contributed by atoms with Crippen molar-refractivity contribution in [1.29, 1.82) is 0 Å². The smallest absolute Gasteiger partial charge is 0.0813 e. The third-order valence-electron chi connectivity index (χ3n) is 3.56. The van der Waals surface area contributed by atoms with Crippen molar-refractivity contribution in [3.8, 4) is 0 Å². The predicted molar refractivity (Wildman–Crippen MR) is 76.3 cm³/mol. The molecule has 0 heterocycles. The molecule has 0 spiro atoms. The van der Waals surface area contributed by atoms with E-state index in [-0.39, 0.29) is 0 Å². The Morgan fingerprint density at radius 1 is 0.765 bits per heavy atom. The van der Waals surface area contributed by atoms with Gasteiger partial charge in [0.1, 0.15) is 0 Å². The maximum absolute atomic E-state index is 10.2. The van der Waals surface area contributed by atoms with Crippen molar-refractivity contribution in [1.82, 2.24) is 0 Å². The second-order valence-corrected chi connectivity index (χ2v) is 5.21. The van der Waals surface area contributed by atoms with Crippen LogP contribution in [0, 0.1) is 10.8 Å². The van der Waals surface area contributed by atoms with Crippen molar-refractivity contribution in [3.05, 3.63) is 4.91 Å². The van der Waals surface area contributed by atoms with Gasteiger partial charge in [-0.1, -0.05) is 83.2 Å². The Balaban J connectivity index is 3.59. The average molecular weight is 241 g/mol. The lowest BCUT2D eigenvalue weighted by atomic mass is 9.92. The summed E-state index contributed by atoms with van der Waals surface area (Å²) in [5.74, 6) is 0.751. The van der Waals surface area contributed by atoms with Gasteiger partial charge in [-0.15, -0.1) is 0 Å². The van der Waals surface area contributed by atoms with E-state index in [9.17, 15) is 4.91 Å². The van der Waals surface area contributed by atoms with E-state index >= 15 is 0 Å². The van der Waals surface area contributed by atoms with Gasteiger partial charge >= 0.3 is 0 Å². The number of nitroso groups, excluding NO2 is 1. The standard InChI is InChI=1S/C15H31NO/c1-3-5-7-9-11-15(13-14-16-17)12-10-8-6-4-2/h15H,3-14H2,1-2H3. The molecule has 0 aliphatic rings. The SMILES string of the molecule is CCCCCCC(CCCCCC)CCN=O. The Morgan fingerprint density at radius 2 is 1.29 bits per heavy atom. The summed E-state index contributed by atoms with van der Waals surface area (Å²) in [6.07, 6.45) is 14.3. The van der Waals surface area contributed by atoms with E-state index < -0.39 is 0 Å². The van der Waals surface area contributed by atoms with Crippen LogP contribution in [0.25, 0.3) is 0 Å². The normalized spacial score (nSPS) is 11.0. The fraction of sp³-hybridized carbons (Fsp3) is 1.00. The zero-order valence-electron chi connectivity index (χ0n) is 11.9. The van der Waals surface area contributed by atoms with Crippen LogP contribution in [0.15, 0.2) is 5.18 Å². The number of unbranched alkanes of at least 4 members (excludes halogenated alkanes) is 6. The highest BCUT2D eigenvalue weighted by atomic mass is 16.3. The lowest BCUT2D eigenvalue weighted by molar-refractivity contribution is 0.387. The summed E-state index contributed by atoms with van der Waals surface area (Å²) in [6, 6.07) is 0. The lowest BCUT2D eigenvalue weighted by Crippen LogP contribution is -2.03. The van der Waals surface area contributed by atoms with Crippen molar-refractivity contribution < 1.29 is 0 Å². The van der Waals surface area contributed by atoms with Gasteiger partial charge in [0.25, 0.3) is 0 Å². The topological polar surface area (TPSA) is 29.4 Å². The molecular weight excluding hydrogens is 210 g/mol. The third kappa shape index (κ3) is 11.9. The van der Waals surface area contributed by atoms with Gasteiger partial charge in [0, 0.05) is 0 Å². The average Bonchev–Trinajstić information content (AvgIpc) is 2.35. The minimum atomic E-state index is 0.520. The molecule has 0 rings (SSSR count). The van der Waals surface area contributed by atoms with Crippen molar-refractivity contribution >= 4 is 0 Å². The Hall–Kier alpha value is -0.400. The fourth-order valence-corrected chi connectivity index (χ4v) is 2.39. The van der Waals surface area contributed by atoms with Crippen molar-refractivity contribution in [3.63, 3.8) is 0 Å². The molecule has 17 heavy (non-hydrogen) atoms. The zero-order chi connectivity index (χ0) is 12.8. The van der Waals surface area contributed by atoms with Crippen molar-refractivity contribution in [2.45, 2.75) is 84.5 Å². The van der Waals surface area contributed by atoms with Gasteiger partial charge in [-0.3, -0.25) is 0 Å². The molecule has 0 saturated carbocycles. The van der Waals surface area contributed by atoms with Gasteiger partial charge in [0.2, 0.25) is 0 Å². The number of hydrogen-bond donors (Lipinski definition) is 0. The summed E-state index contributed by atoms with van der Waals surface area (Å²) in [5, 5.41) is 3.01. The van der Waals surface area contributed by atoms with E-state index in [0.29, 0.717) is 6.54 Å². The molecule has 0 fully saturated rings. The molecule has 0 radical (unpaired) electrons. The first-order valence-corrected chi connectivity index (χ1v) is 7.64. The van der Waals surface area contributed by atoms with Crippen LogP contribution >= 0.6 is 0 Å². The molecule has 0 amide bonds. The minimum Gasteiger partial charge on any atom is -0.151 e. The second-order valence-electron chi connectivity index (χ2n) is 5.21. The fourth-order valence-electron chi connectivity index (χ4n) is 2.39. The summed E-state index contributed by atoms with van der Waals surface area (Å²) in [6.45, 7) is 5.02. The quantitative estimate of drug-likeness (QED) is 0.300. The summed E-state index contributed by atoms with van der Waals surface area (Å²) >= 11 is 0. The van der Waals surface area contributed by atoms with Crippen LogP contribution in [0.3, 0.4) is 0 Å². The summed E-state index contributed by atoms with van der Waals surface area (Å²) in [7, 11) is 0. The number of rotatable bonds is 13. The molecule has 0 aliphatic carbocycles. The first kappa shape index (κ1) is 16.6. The van der Waals surface area contributed by atoms with Gasteiger partial charge in [0.05, 0.1) is 6.54 Å². The molecule has 2 heteroatoms. The Kier molecular flexibility index (Phi) is 13.3. The van der Waals surface area contributed by atoms with E-state index in [1.54, 1.807) is 0 Å². The Morgan fingerprint density at radius 3 is 1.71 bits per heavy atom. The van der Waals surface area contributed by atoms with Crippen molar-refractivity contribution in [2.75, 3.05) is 6.54 Å². The molecule has 0 atom stereocenters. The molecule has 0 unspecified atom stereocenters. The van der Waals surface area contributed by atoms with E-state index in [0.717, 1.165) is 12.3 Å². The molecule has 0 aromatic carbocycles. The van der Waals surface area contributed by atoms with Crippen molar-refractivity contribution in [2.24, 2.45) is 11.1 Å². The largest absolute Gasteiger partial charge is 0.151 e. The van der Waals surface area contributed by atoms with Crippen LogP contribution in [-0.2, 0) is 0 Å². The van der Waals surface area contributed by atoms with Crippen LogP contribution in [0.1, 0.15) is 84.5 Å². The van der Waals surface area contributed by atoms with Gasteiger partial charge in [-0.2, -0.15) is 4.91 Å². The first-order valence-electron chi connectivity index (χ1n) is 7.64. The van der Waals surface area contributed by atoms with Crippen LogP contribution in [0.4, 0.5) is 0 Å². The van der Waals surface area contributed by atoms with Gasteiger partial charge < -0.3 is 0 Å². The molecule has 2 nitrogen and oxygen atoms in total. The number of hydrogen-bond acceptors (Lipinski definition) is 2. The molecule has 0 aliphatic heterocycles.